The molecule has 0 bridgehead atoms. The summed E-state index contributed by atoms with van der Waals surface area (Å²) in [5.74, 6) is 0.220. The lowest BCUT2D eigenvalue weighted by Gasteiger charge is -2.18. The monoisotopic (exact) mass is 390 g/mol. The summed E-state index contributed by atoms with van der Waals surface area (Å²) in [6.45, 7) is 4.58. The summed E-state index contributed by atoms with van der Waals surface area (Å²) in [5.41, 5.74) is 6.77. The van der Waals surface area contributed by atoms with Gasteiger partial charge in [-0.1, -0.05) is 37.0 Å². The first kappa shape index (κ1) is 20.8. The van der Waals surface area contributed by atoms with E-state index in [1.807, 2.05) is 0 Å². The second-order valence-corrected chi connectivity index (χ2v) is 6.59. The van der Waals surface area contributed by atoms with E-state index in [0.29, 0.717) is 28.2 Å². The van der Waals surface area contributed by atoms with Crippen LogP contribution in [0, 0.1) is 5.92 Å². The first-order valence-electron chi connectivity index (χ1n) is 7.42. The zero-order chi connectivity index (χ0) is 17.0. The SMILES string of the molecule is CC(C)CC(CN)NC(=O)c1ccn(-c2ccc(Cl)c(Cl)c2)n1.Cl. The second kappa shape index (κ2) is 9.28. The number of nitrogens with one attached hydrogen (secondary N) is 1. The Morgan fingerprint density at radius 3 is 2.58 bits per heavy atom. The predicted molar refractivity (Wildman–Crippen MR) is 101 cm³/mol. The Labute approximate surface area is 157 Å². The van der Waals surface area contributed by atoms with Gasteiger partial charge in [-0.3, -0.25) is 4.79 Å². The fraction of sp³-hybridized carbons (Fsp3) is 0.375. The van der Waals surface area contributed by atoms with Crippen LogP contribution in [-0.2, 0) is 0 Å². The fourth-order valence-corrected chi connectivity index (χ4v) is 2.55. The molecule has 0 fully saturated rings. The average Bonchev–Trinajstić information content (AvgIpc) is 2.98. The highest BCUT2D eigenvalue weighted by Crippen LogP contribution is 2.24. The number of halogens is 3. The number of hydrogen-bond donors (Lipinski definition) is 2. The standard InChI is InChI=1S/C16H20Cl2N4O.ClH/c1-10(2)7-11(9-19)20-16(23)15-5-6-22(21-15)12-3-4-13(17)14(18)8-12;/h3-6,8,10-11H,7,9,19H2,1-2H3,(H,20,23);1H. The Morgan fingerprint density at radius 1 is 1.29 bits per heavy atom. The summed E-state index contributed by atoms with van der Waals surface area (Å²) in [4.78, 5) is 12.3. The van der Waals surface area contributed by atoms with Gasteiger partial charge in [-0.2, -0.15) is 5.10 Å². The molecule has 0 aliphatic carbocycles. The van der Waals surface area contributed by atoms with Crippen molar-refractivity contribution in [1.29, 1.82) is 0 Å². The molecule has 1 atom stereocenters. The highest BCUT2D eigenvalue weighted by Gasteiger charge is 2.16. The molecule has 1 amide bonds. The van der Waals surface area contributed by atoms with E-state index in [1.54, 1.807) is 35.1 Å². The van der Waals surface area contributed by atoms with Crippen LogP contribution >= 0.6 is 35.6 Å². The molecule has 0 aliphatic heterocycles. The quantitative estimate of drug-likeness (QED) is 0.788. The van der Waals surface area contributed by atoms with Crippen LogP contribution in [0.1, 0.15) is 30.8 Å². The Bertz CT molecular complexity index is 688. The van der Waals surface area contributed by atoms with Gasteiger partial charge in [0.05, 0.1) is 15.7 Å². The van der Waals surface area contributed by atoms with Crippen molar-refractivity contribution in [3.05, 3.63) is 46.2 Å². The van der Waals surface area contributed by atoms with Gasteiger partial charge in [-0.15, -0.1) is 12.4 Å². The molecule has 1 unspecified atom stereocenters. The lowest BCUT2D eigenvalue weighted by molar-refractivity contribution is 0.0928. The lowest BCUT2D eigenvalue weighted by Crippen LogP contribution is -2.41. The van der Waals surface area contributed by atoms with Gasteiger partial charge in [-0.25, -0.2) is 4.68 Å². The number of amides is 1. The van der Waals surface area contributed by atoms with Gasteiger partial charge < -0.3 is 11.1 Å². The summed E-state index contributed by atoms with van der Waals surface area (Å²) in [6, 6.07) is 6.76. The van der Waals surface area contributed by atoms with Crippen molar-refractivity contribution in [3.8, 4) is 5.69 Å². The number of carbonyl (C=O) groups is 1. The molecule has 1 heterocycles. The first-order chi connectivity index (χ1) is 10.9. The van der Waals surface area contributed by atoms with Crippen LogP contribution in [0.4, 0.5) is 0 Å². The van der Waals surface area contributed by atoms with Crippen molar-refractivity contribution >= 4 is 41.5 Å². The molecule has 0 spiro atoms. The Morgan fingerprint density at radius 2 is 2.00 bits per heavy atom. The molecule has 0 radical (unpaired) electrons. The Balaban J connectivity index is 0.00000288. The van der Waals surface area contributed by atoms with Crippen LogP contribution in [0.5, 0.6) is 0 Å². The molecule has 3 N–H and O–H groups in total. The number of benzene rings is 1. The topological polar surface area (TPSA) is 72.9 Å². The van der Waals surface area contributed by atoms with Crippen LogP contribution in [-0.4, -0.2) is 28.3 Å². The summed E-state index contributed by atoms with van der Waals surface area (Å²) < 4.78 is 1.58. The molecule has 0 aliphatic rings. The van der Waals surface area contributed by atoms with Crippen molar-refractivity contribution in [3.63, 3.8) is 0 Å². The zero-order valence-corrected chi connectivity index (χ0v) is 15.8. The van der Waals surface area contributed by atoms with E-state index in [2.05, 4.69) is 24.3 Å². The summed E-state index contributed by atoms with van der Waals surface area (Å²) in [6.07, 6.45) is 2.53. The van der Waals surface area contributed by atoms with Crippen molar-refractivity contribution in [2.75, 3.05) is 6.54 Å². The number of carbonyl (C=O) groups excluding carboxylic acids is 1. The third-order valence-corrected chi connectivity index (χ3v) is 4.10. The van der Waals surface area contributed by atoms with E-state index in [4.69, 9.17) is 28.9 Å². The van der Waals surface area contributed by atoms with E-state index in [0.717, 1.165) is 12.1 Å². The van der Waals surface area contributed by atoms with E-state index >= 15 is 0 Å². The summed E-state index contributed by atoms with van der Waals surface area (Å²) in [7, 11) is 0. The van der Waals surface area contributed by atoms with Crippen LogP contribution in [0.15, 0.2) is 30.5 Å². The smallest absolute Gasteiger partial charge is 0.272 e. The molecular weight excluding hydrogens is 371 g/mol. The first-order valence-corrected chi connectivity index (χ1v) is 8.18. The van der Waals surface area contributed by atoms with Crippen molar-refractivity contribution in [2.45, 2.75) is 26.3 Å². The number of nitrogens with two attached hydrogens (primary N) is 1. The normalized spacial score (nSPS) is 11.9. The third-order valence-electron chi connectivity index (χ3n) is 3.37. The van der Waals surface area contributed by atoms with E-state index in [-0.39, 0.29) is 24.4 Å². The third kappa shape index (κ3) is 5.38. The van der Waals surface area contributed by atoms with Gasteiger partial charge in [0.25, 0.3) is 5.91 Å². The highest BCUT2D eigenvalue weighted by molar-refractivity contribution is 6.42. The predicted octanol–water partition coefficient (Wildman–Crippen LogP) is 3.70. The van der Waals surface area contributed by atoms with E-state index in [9.17, 15) is 4.79 Å². The minimum Gasteiger partial charge on any atom is -0.347 e. The zero-order valence-electron chi connectivity index (χ0n) is 13.5. The molecule has 1 aromatic carbocycles. The molecule has 132 valence electrons. The maximum absolute atomic E-state index is 12.3. The summed E-state index contributed by atoms with van der Waals surface area (Å²) in [5, 5.41) is 8.10. The van der Waals surface area contributed by atoms with Crippen LogP contribution in [0.3, 0.4) is 0 Å². The minimum absolute atomic E-state index is 0. The van der Waals surface area contributed by atoms with Gasteiger partial charge >= 0.3 is 0 Å². The van der Waals surface area contributed by atoms with Gasteiger partial charge in [0.1, 0.15) is 0 Å². The van der Waals surface area contributed by atoms with Gasteiger partial charge in [0.15, 0.2) is 5.69 Å². The van der Waals surface area contributed by atoms with Gasteiger partial charge in [0, 0.05) is 18.8 Å². The molecule has 1 aromatic heterocycles. The van der Waals surface area contributed by atoms with Crippen LogP contribution in [0.2, 0.25) is 10.0 Å². The number of rotatable bonds is 6. The number of hydrogen-bond acceptors (Lipinski definition) is 3. The van der Waals surface area contributed by atoms with Crippen LogP contribution in [0.25, 0.3) is 5.69 Å². The molecule has 0 saturated carbocycles. The number of nitrogens with zero attached hydrogens (tertiary/aromatic N) is 2. The highest BCUT2D eigenvalue weighted by atomic mass is 35.5. The Kier molecular flexibility index (Phi) is 8.03. The Hall–Kier alpha value is -1.27. The molecule has 2 aromatic rings. The molecule has 2 rings (SSSR count). The van der Waals surface area contributed by atoms with Gasteiger partial charge in [0.2, 0.25) is 0 Å². The molecule has 5 nitrogen and oxygen atoms in total. The maximum Gasteiger partial charge on any atom is 0.272 e. The lowest BCUT2D eigenvalue weighted by atomic mass is 10.0. The van der Waals surface area contributed by atoms with Gasteiger partial charge in [-0.05, 0) is 36.6 Å². The fourth-order valence-electron chi connectivity index (χ4n) is 2.26. The van der Waals surface area contributed by atoms with Crippen molar-refractivity contribution in [1.82, 2.24) is 15.1 Å². The number of aromatic nitrogens is 2. The van der Waals surface area contributed by atoms with E-state index < -0.39 is 0 Å². The largest absolute Gasteiger partial charge is 0.347 e. The second-order valence-electron chi connectivity index (χ2n) is 5.78. The van der Waals surface area contributed by atoms with Crippen molar-refractivity contribution in [2.24, 2.45) is 11.7 Å². The molecule has 24 heavy (non-hydrogen) atoms. The molecule has 0 saturated heterocycles. The minimum atomic E-state index is -0.236. The molecular formula is C16H21Cl3N4O. The summed E-state index contributed by atoms with van der Waals surface area (Å²) >= 11 is 11.9. The maximum atomic E-state index is 12.3. The average molecular weight is 392 g/mol. The van der Waals surface area contributed by atoms with Crippen molar-refractivity contribution < 1.29 is 4.79 Å². The van der Waals surface area contributed by atoms with Crippen LogP contribution < -0.4 is 11.1 Å². The molecule has 8 heteroatoms. The van der Waals surface area contributed by atoms with E-state index in [1.165, 1.54) is 0 Å².